The molecule has 0 heterocycles. The van der Waals surface area contributed by atoms with E-state index in [-0.39, 0.29) is 18.7 Å². The maximum Gasteiger partial charge on any atom is 0.422 e. The summed E-state index contributed by atoms with van der Waals surface area (Å²) in [5, 5.41) is 4.60. The largest absolute Gasteiger partial charge is 0.440 e. The standard InChI is InChI=1S/C15H17F5N2O4/c1-9(10-2-4-11(5-3-10)26-13(16)17)22-12(23)6-7-21-14(24)25-8-15(18,19)20/h2-5,9,13H,6-8H2,1H3,(H,21,24)(H,22,23). The number of carbonyl (C=O) groups is 2. The molecule has 0 aromatic heterocycles. The summed E-state index contributed by atoms with van der Waals surface area (Å²) in [7, 11) is 0. The SMILES string of the molecule is CC(NC(=O)CCNC(=O)OCC(F)(F)F)c1ccc(OC(F)F)cc1. The molecule has 0 aliphatic carbocycles. The predicted octanol–water partition coefficient (Wildman–Crippen LogP) is 3.14. The van der Waals surface area contributed by atoms with Crippen LogP contribution in [0.3, 0.4) is 0 Å². The van der Waals surface area contributed by atoms with Crippen LogP contribution in [0.25, 0.3) is 0 Å². The minimum absolute atomic E-state index is 0.0242. The number of alkyl carbamates (subject to hydrolysis) is 1. The zero-order valence-corrected chi connectivity index (χ0v) is 13.6. The van der Waals surface area contributed by atoms with Crippen molar-refractivity contribution in [3.05, 3.63) is 29.8 Å². The second-order valence-electron chi connectivity index (χ2n) is 5.10. The van der Waals surface area contributed by atoms with E-state index in [1.165, 1.54) is 24.3 Å². The molecule has 0 fully saturated rings. The highest BCUT2D eigenvalue weighted by Gasteiger charge is 2.29. The molecule has 2 N–H and O–H groups in total. The van der Waals surface area contributed by atoms with Crippen molar-refractivity contribution < 1.29 is 41.0 Å². The Labute approximate surface area is 145 Å². The first kappa shape index (κ1) is 21.5. The Morgan fingerprint density at radius 2 is 1.77 bits per heavy atom. The molecule has 0 bridgehead atoms. The van der Waals surface area contributed by atoms with Crippen LogP contribution in [0.4, 0.5) is 26.7 Å². The van der Waals surface area contributed by atoms with Gasteiger partial charge in [-0.15, -0.1) is 0 Å². The summed E-state index contributed by atoms with van der Waals surface area (Å²) in [5.41, 5.74) is 0.623. The zero-order valence-electron chi connectivity index (χ0n) is 13.6. The molecule has 1 aromatic carbocycles. The highest BCUT2D eigenvalue weighted by molar-refractivity contribution is 5.77. The van der Waals surface area contributed by atoms with Crippen LogP contribution >= 0.6 is 0 Å². The molecule has 0 radical (unpaired) electrons. The minimum Gasteiger partial charge on any atom is -0.440 e. The van der Waals surface area contributed by atoms with Crippen LogP contribution < -0.4 is 15.4 Å². The lowest BCUT2D eigenvalue weighted by Gasteiger charge is -2.15. The van der Waals surface area contributed by atoms with Gasteiger partial charge < -0.3 is 20.1 Å². The molecule has 1 unspecified atom stereocenters. The molecule has 146 valence electrons. The van der Waals surface area contributed by atoms with Gasteiger partial charge in [0, 0.05) is 13.0 Å². The summed E-state index contributed by atoms with van der Waals surface area (Å²) in [6.45, 7) is -3.22. The number of nitrogens with one attached hydrogen (secondary N) is 2. The number of alkyl halides is 5. The monoisotopic (exact) mass is 384 g/mol. The van der Waals surface area contributed by atoms with E-state index in [9.17, 15) is 31.5 Å². The number of amides is 2. The third-order valence-electron chi connectivity index (χ3n) is 2.97. The van der Waals surface area contributed by atoms with Crippen LogP contribution in [0.1, 0.15) is 24.9 Å². The number of halogens is 5. The first-order valence-corrected chi connectivity index (χ1v) is 7.38. The van der Waals surface area contributed by atoms with Gasteiger partial charge in [0.05, 0.1) is 6.04 Å². The van der Waals surface area contributed by atoms with Gasteiger partial charge in [-0.1, -0.05) is 12.1 Å². The number of rotatable bonds is 8. The maximum absolute atomic E-state index is 12.1. The van der Waals surface area contributed by atoms with Crippen molar-refractivity contribution in [2.75, 3.05) is 13.2 Å². The van der Waals surface area contributed by atoms with Crippen LogP contribution in [0.2, 0.25) is 0 Å². The lowest BCUT2D eigenvalue weighted by Crippen LogP contribution is -2.33. The Bertz CT molecular complexity index is 593. The smallest absolute Gasteiger partial charge is 0.422 e. The van der Waals surface area contributed by atoms with Crippen molar-refractivity contribution in [2.45, 2.75) is 32.2 Å². The van der Waals surface area contributed by atoms with E-state index >= 15 is 0 Å². The van der Waals surface area contributed by atoms with Crippen molar-refractivity contribution in [2.24, 2.45) is 0 Å². The van der Waals surface area contributed by atoms with Crippen molar-refractivity contribution in [1.29, 1.82) is 0 Å². The highest BCUT2D eigenvalue weighted by Crippen LogP contribution is 2.19. The third kappa shape index (κ3) is 9.04. The molecule has 0 saturated carbocycles. The average molecular weight is 384 g/mol. The summed E-state index contributed by atoms with van der Waals surface area (Å²) in [4.78, 5) is 22.7. The Balaban J connectivity index is 2.32. The van der Waals surface area contributed by atoms with E-state index in [2.05, 4.69) is 14.8 Å². The summed E-state index contributed by atoms with van der Waals surface area (Å²) in [6, 6.07) is 5.18. The van der Waals surface area contributed by atoms with Gasteiger partial charge in [0.2, 0.25) is 5.91 Å². The lowest BCUT2D eigenvalue weighted by atomic mass is 10.1. The lowest BCUT2D eigenvalue weighted by molar-refractivity contribution is -0.160. The Hall–Kier alpha value is -2.59. The van der Waals surface area contributed by atoms with Gasteiger partial charge in [0.15, 0.2) is 6.61 Å². The first-order valence-electron chi connectivity index (χ1n) is 7.38. The molecular formula is C15H17F5N2O4. The van der Waals surface area contributed by atoms with Gasteiger partial charge >= 0.3 is 18.9 Å². The van der Waals surface area contributed by atoms with Gasteiger partial charge in [0.1, 0.15) is 5.75 Å². The van der Waals surface area contributed by atoms with Gasteiger partial charge in [0.25, 0.3) is 0 Å². The molecule has 0 spiro atoms. The number of hydrogen-bond acceptors (Lipinski definition) is 4. The van der Waals surface area contributed by atoms with Crippen LogP contribution in [0.15, 0.2) is 24.3 Å². The average Bonchev–Trinajstić information content (AvgIpc) is 2.52. The van der Waals surface area contributed by atoms with E-state index in [1.807, 2.05) is 5.32 Å². The Morgan fingerprint density at radius 1 is 1.15 bits per heavy atom. The molecule has 1 rings (SSSR count). The molecule has 0 saturated heterocycles. The topological polar surface area (TPSA) is 76.7 Å². The van der Waals surface area contributed by atoms with Crippen molar-refractivity contribution in [3.8, 4) is 5.75 Å². The van der Waals surface area contributed by atoms with Crippen LogP contribution in [-0.4, -0.2) is 37.9 Å². The molecule has 2 amide bonds. The van der Waals surface area contributed by atoms with Crippen LogP contribution in [0, 0.1) is 0 Å². The third-order valence-corrected chi connectivity index (χ3v) is 2.97. The molecular weight excluding hydrogens is 367 g/mol. The molecule has 0 aliphatic heterocycles. The second-order valence-corrected chi connectivity index (χ2v) is 5.10. The fourth-order valence-electron chi connectivity index (χ4n) is 1.81. The van der Waals surface area contributed by atoms with Gasteiger partial charge in [-0.25, -0.2) is 4.79 Å². The molecule has 11 heteroatoms. The summed E-state index contributed by atoms with van der Waals surface area (Å²) in [5.74, 6) is -0.495. The number of carbonyl (C=O) groups excluding carboxylic acids is 2. The fourth-order valence-corrected chi connectivity index (χ4v) is 1.81. The molecule has 1 atom stereocenters. The van der Waals surface area contributed by atoms with Gasteiger partial charge in [-0.2, -0.15) is 22.0 Å². The molecule has 1 aromatic rings. The van der Waals surface area contributed by atoms with Crippen LogP contribution in [-0.2, 0) is 9.53 Å². The van der Waals surface area contributed by atoms with Crippen molar-refractivity contribution in [1.82, 2.24) is 10.6 Å². The van der Waals surface area contributed by atoms with Gasteiger partial charge in [-0.3, -0.25) is 4.79 Å². The quantitative estimate of drug-likeness (QED) is 0.675. The molecule has 26 heavy (non-hydrogen) atoms. The second kappa shape index (κ2) is 9.78. The van der Waals surface area contributed by atoms with Crippen LogP contribution in [0.5, 0.6) is 5.75 Å². The summed E-state index contributed by atoms with van der Waals surface area (Å²) in [6.07, 6.45) is -6.09. The predicted molar refractivity (Wildman–Crippen MR) is 79.7 cm³/mol. The first-order chi connectivity index (χ1) is 12.1. The van der Waals surface area contributed by atoms with Crippen molar-refractivity contribution in [3.63, 3.8) is 0 Å². The van der Waals surface area contributed by atoms with E-state index < -0.39 is 37.4 Å². The number of ether oxygens (including phenoxy) is 2. The summed E-state index contributed by atoms with van der Waals surface area (Å²) >= 11 is 0. The van der Waals surface area contributed by atoms with E-state index in [1.54, 1.807) is 6.92 Å². The van der Waals surface area contributed by atoms with E-state index in [0.717, 1.165) is 0 Å². The van der Waals surface area contributed by atoms with Crippen molar-refractivity contribution >= 4 is 12.0 Å². The molecule has 0 aliphatic rings. The number of benzene rings is 1. The summed E-state index contributed by atoms with van der Waals surface area (Å²) < 4.78 is 67.8. The minimum atomic E-state index is -4.62. The normalized spacial score (nSPS) is 12.4. The zero-order chi connectivity index (χ0) is 19.7. The Morgan fingerprint density at radius 3 is 2.31 bits per heavy atom. The van der Waals surface area contributed by atoms with Gasteiger partial charge in [-0.05, 0) is 24.6 Å². The highest BCUT2D eigenvalue weighted by atomic mass is 19.4. The maximum atomic E-state index is 12.1. The Kier molecular flexibility index (Phi) is 8.07. The number of hydrogen-bond donors (Lipinski definition) is 2. The fraction of sp³-hybridized carbons (Fsp3) is 0.467. The molecule has 6 nitrogen and oxygen atoms in total. The van der Waals surface area contributed by atoms with E-state index in [0.29, 0.717) is 5.56 Å². The van der Waals surface area contributed by atoms with E-state index in [4.69, 9.17) is 0 Å².